The van der Waals surface area contributed by atoms with Crippen molar-refractivity contribution >= 4 is 17.2 Å². The average Bonchev–Trinajstić information content (AvgIpc) is 1.86. The molecule has 0 amide bonds. The second-order valence-electron chi connectivity index (χ2n) is 0.799. The Labute approximate surface area is 38.2 Å². The highest BCUT2D eigenvalue weighted by atomic mass is 32.2. The van der Waals surface area contributed by atoms with Crippen molar-refractivity contribution in [3.8, 4) is 0 Å². The number of hydrogen-bond acceptors (Lipinski definition) is 1. The van der Waals surface area contributed by atoms with E-state index in [0.29, 0.717) is 0 Å². The molecule has 0 aliphatic carbocycles. The lowest BCUT2D eigenvalue weighted by molar-refractivity contribution is 0.690. The van der Waals surface area contributed by atoms with Crippen LogP contribution >= 0.6 is 0 Å². The van der Waals surface area contributed by atoms with Gasteiger partial charge in [0.05, 0.1) is 11.0 Å². The van der Waals surface area contributed by atoms with Crippen LogP contribution in [0.5, 0.6) is 0 Å². The van der Waals surface area contributed by atoms with Crippen LogP contribution in [-0.4, -0.2) is 10.4 Å². The Bertz CT molecular complexity index is 113. The molecule has 1 aliphatic heterocycles. The van der Waals surface area contributed by atoms with E-state index in [1.807, 2.05) is 0 Å². The molecule has 6 heavy (non-hydrogen) atoms. The molecule has 0 fully saturated rings. The number of nitrogens with zero attached hydrogens (tertiary/aromatic N) is 1. The quantitative estimate of drug-likeness (QED) is 0.398. The van der Waals surface area contributed by atoms with Crippen LogP contribution in [0.2, 0.25) is 0 Å². The van der Waals surface area contributed by atoms with E-state index in [9.17, 15) is 4.21 Å². The Morgan fingerprint density at radius 2 is 2.67 bits per heavy atom. The van der Waals surface area contributed by atoms with Crippen molar-refractivity contribution < 1.29 is 4.21 Å². The van der Waals surface area contributed by atoms with Crippen LogP contribution in [0.3, 0.4) is 0 Å². The van der Waals surface area contributed by atoms with Crippen LogP contribution in [-0.2, 0) is 11.0 Å². The van der Waals surface area contributed by atoms with E-state index >= 15 is 0 Å². The van der Waals surface area contributed by atoms with Crippen molar-refractivity contribution in [2.24, 2.45) is 4.40 Å². The lowest BCUT2D eigenvalue weighted by Crippen LogP contribution is -1.64. The molecule has 0 bridgehead atoms. The molecule has 0 N–H and O–H groups in total. The van der Waals surface area contributed by atoms with Gasteiger partial charge in [0.15, 0.2) is 0 Å². The topological polar surface area (TPSA) is 29.4 Å². The van der Waals surface area contributed by atoms with Crippen LogP contribution in [0.25, 0.3) is 0 Å². The monoisotopic (exact) mass is 100.0 g/mol. The SMILES string of the molecule is O=S1C=C[C-]=N1. The first-order valence-electron chi connectivity index (χ1n) is 1.43. The second-order valence-corrected chi connectivity index (χ2v) is 1.81. The van der Waals surface area contributed by atoms with E-state index in [1.165, 1.54) is 11.5 Å². The Morgan fingerprint density at radius 1 is 1.83 bits per heavy atom. The van der Waals surface area contributed by atoms with Gasteiger partial charge in [-0.3, -0.25) is 4.21 Å². The molecule has 0 radical (unpaired) electrons. The third-order valence-corrected chi connectivity index (χ3v) is 1.06. The maximum Gasteiger partial charge on any atom is 0.0605 e. The standard InChI is InChI=1S/C3H2NOS/c5-6-3-1-2-4-6/h1,3H/q-1. The molecule has 3 heteroatoms. The summed E-state index contributed by atoms with van der Waals surface area (Å²) < 4.78 is 13.4. The van der Waals surface area contributed by atoms with Gasteiger partial charge in [-0.2, -0.15) is 0 Å². The fourth-order valence-electron chi connectivity index (χ4n) is 0.201. The molecule has 1 heterocycles. The van der Waals surface area contributed by atoms with Crippen molar-refractivity contribution in [1.29, 1.82) is 0 Å². The summed E-state index contributed by atoms with van der Waals surface area (Å²) in [5.41, 5.74) is 0. The first-order chi connectivity index (χ1) is 2.89. The van der Waals surface area contributed by atoms with E-state index < -0.39 is 11.0 Å². The Kier molecular flexibility index (Phi) is 0.837. The number of allylic oxidation sites excluding steroid dienone is 1. The van der Waals surface area contributed by atoms with E-state index in [1.54, 1.807) is 0 Å². The molecule has 0 saturated carbocycles. The lowest BCUT2D eigenvalue weighted by Gasteiger charge is -1.76. The van der Waals surface area contributed by atoms with Gasteiger partial charge in [0.2, 0.25) is 0 Å². The third-order valence-electron chi connectivity index (χ3n) is 0.402. The molecule has 1 rings (SSSR count). The summed E-state index contributed by atoms with van der Waals surface area (Å²) in [4.78, 5) is 0. The van der Waals surface area contributed by atoms with Crippen molar-refractivity contribution in [2.75, 3.05) is 0 Å². The van der Waals surface area contributed by atoms with Gasteiger partial charge >= 0.3 is 0 Å². The maximum atomic E-state index is 10.0. The number of rotatable bonds is 0. The summed E-state index contributed by atoms with van der Waals surface area (Å²) in [6, 6.07) is 0. The zero-order valence-electron chi connectivity index (χ0n) is 2.92. The van der Waals surface area contributed by atoms with Crippen molar-refractivity contribution in [1.82, 2.24) is 0 Å². The second kappa shape index (κ2) is 1.34. The average molecular weight is 100 g/mol. The molecule has 0 aromatic carbocycles. The van der Waals surface area contributed by atoms with Gasteiger partial charge < -0.3 is 4.40 Å². The van der Waals surface area contributed by atoms with E-state index in [-0.39, 0.29) is 0 Å². The smallest absolute Gasteiger partial charge is 0.0605 e. The van der Waals surface area contributed by atoms with Crippen LogP contribution in [0.4, 0.5) is 0 Å². The minimum Gasteiger partial charge on any atom is -0.315 e. The summed E-state index contributed by atoms with van der Waals surface area (Å²) in [6.07, 6.45) is 3.95. The van der Waals surface area contributed by atoms with Crippen molar-refractivity contribution in [3.63, 3.8) is 0 Å². The van der Waals surface area contributed by atoms with E-state index in [2.05, 4.69) is 10.6 Å². The highest BCUT2D eigenvalue weighted by Crippen LogP contribution is 1.90. The van der Waals surface area contributed by atoms with Crippen LogP contribution in [0, 0.1) is 0 Å². The van der Waals surface area contributed by atoms with Gasteiger partial charge in [0, 0.05) is 0 Å². The minimum absolute atomic E-state index is 1.09. The van der Waals surface area contributed by atoms with Gasteiger partial charge in [-0.15, -0.1) is 11.6 Å². The highest BCUT2D eigenvalue weighted by molar-refractivity contribution is 7.87. The Hall–Kier alpha value is -0.440. The summed E-state index contributed by atoms with van der Waals surface area (Å²) in [5.74, 6) is 0. The minimum atomic E-state index is -1.09. The zero-order valence-corrected chi connectivity index (χ0v) is 3.73. The first-order valence-corrected chi connectivity index (χ1v) is 2.60. The summed E-state index contributed by atoms with van der Waals surface area (Å²) in [5, 5.41) is 1.47. The summed E-state index contributed by atoms with van der Waals surface area (Å²) in [7, 11) is -1.09. The van der Waals surface area contributed by atoms with Gasteiger partial charge in [-0.25, -0.2) is 6.08 Å². The summed E-state index contributed by atoms with van der Waals surface area (Å²) in [6.45, 7) is 0. The fraction of sp³-hybridized carbons (Fsp3) is 0. The van der Waals surface area contributed by atoms with Crippen LogP contribution < -0.4 is 0 Å². The number of hydrogen-bond donors (Lipinski definition) is 0. The first kappa shape index (κ1) is 3.74. The van der Waals surface area contributed by atoms with Crippen molar-refractivity contribution in [2.45, 2.75) is 0 Å². The van der Waals surface area contributed by atoms with E-state index in [0.717, 1.165) is 0 Å². The zero-order chi connectivity index (χ0) is 4.41. The van der Waals surface area contributed by atoms with E-state index in [4.69, 9.17) is 0 Å². The predicted octanol–water partition coefficient (Wildman–Crippen LogP) is 0.125. The highest BCUT2D eigenvalue weighted by Gasteiger charge is 1.74. The molecule has 0 spiro atoms. The molecule has 32 valence electrons. The normalized spacial score (nSPS) is 29.0. The molecule has 0 aromatic rings. The molecule has 0 saturated heterocycles. The predicted molar refractivity (Wildman–Crippen MR) is 24.7 cm³/mol. The fourth-order valence-corrected chi connectivity index (χ4v) is 0.604. The van der Waals surface area contributed by atoms with Crippen molar-refractivity contribution in [3.05, 3.63) is 11.5 Å². The molecule has 1 unspecified atom stereocenters. The van der Waals surface area contributed by atoms with Gasteiger partial charge in [-0.05, 0) is 0 Å². The van der Waals surface area contributed by atoms with Gasteiger partial charge in [0.1, 0.15) is 0 Å². The summed E-state index contributed by atoms with van der Waals surface area (Å²) >= 11 is 0. The van der Waals surface area contributed by atoms with Crippen LogP contribution in [0.15, 0.2) is 15.9 Å². The molecule has 0 aromatic heterocycles. The molecule has 2 nitrogen and oxygen atoms in total. The van der Waals surface area contributed by atoms with Gasteiger partial charge in [0.25, 0.3) is 0 Å². The van der Waals surface area contributed by atoms with Crippen LogP contribution in [0.1, 0.15) is 0 Å². The molecular weight excluding hydrogens is 98.1 g/mol. The third kappa shape index (κ3) is 0.542. The molecule has 1 atom stereocenters. The van der Waals surface area contributed by atoms with Gasteiger partial charge in [-0.1, -0.05) is 0 Å². The Morgan fingerprint density at radius 3 is 2.83 bits per heavy atom. The largest absolute Gasteiger partial charge is 0.315 e. The lowest BCUT2D eigenvalue weighted by atomic mass is 10.7. The molecule has 1 aliphatic rings. The maximum absolute atomic E-state index is 10.0. The molecular formula is C3H2NOS-. The Balaban J connectivity index is 2.86.